The van der Waals surface area contributed by atoms with Crippen LogP contribution in [0.5, 0.6) is 11.5 Å². The summed E-state index contributed by atoms with van der Waals surface area (Å²) in [7, 11) is 1.78. The van der Waals surface area contributed by atoms with E-state index in [0.29, 0.717) is 19.8 Å². The van der Waals surface area contributed by atoms with Gasteiger partial charge in [0.05, 0.1) is 32.5 Å². The van der Waals surface area contributed by atoms with E-state index in [9.17, 15) is 0 Å². The third kappa shape index (κ3) is 7.63. The van der Waals surface area contributed by atoms with E-state index < -0.39 is 0 Å². The number of nitrogens with zero attached hydrogens (tertiary/aromatic N) is 3. The van der Waals surface area contributed by atoms with Crippen molar-refractivity contribution in [3.8, 4) is 11.5 Å². The number of morpholine rings is 1. The molecule has 1 aromatic carbocycles. The first kappa shape index (κ1) is 27.0. The largest absolute Gasteiger partial charge is 0.490 e. The standard InChI is InChI=1S/C24H35N5O3.HI/c1-5-31-21-10-9-19(16-22(21)32-6-2)18(3)28-24(25-4)27-17-20-8-7-11-26-23(20)29-12-14-30-15-13-29;/h7-11,16,18H,5-6,12-15,17H2,1-4H3,(H2,25,27,28);1H. The highest BCUT2D eigenvalue weighted by atomic mass is 127. The maximum atomic E-state index is 5.77. The molecule has 0 spiro atoms. The molecule has 0 aliphatic carbocycles. The van der Waals surface area contributed by atoms with Crippen LogP contribution in [0.1, 0.15) is 37.9 Å². The van der Waals surface area contributed by atoms with Gasteiger partial charge in [0.2, 0.25) is 0 Å². The molecule has 0 radical (unpaired) electrons. The molecular weight excluding hydrogens is 533 g/mol. The van der Waals surface area contributed by atoms with E-state index >= 15 is 0 Å². The topological polar surface area (TPSA) is 80.2 Å². The normalized spacial score (nSPS) is 14.8. The van der Waals surface area contributed by atoms with Crippen molar-refractivity contribution in [3.05, 3.63) is 47.7 Å². The third-order valence-corrected chi connectivity index (χ3v) is 5.27. The van der Waals surface area contributed by atoms with Crippen molar-refractivity contribution in [2.24, 2.45) is 4.99 Å². The van der Waals surface area contributed by atoms with Crippen LogP contribution >= 0.6 is 24.0 Å². The van der Waals surface area contributed by atoms with Crippen LogP contribution in [0.2, 0.25) is 0 Å². The molecule has 2 heterocycles. The Morgan fingerprint density at radius 3 is 2.58 bits per heavy atom. The van der Waals surface area contributed by atoms with Crippen molar-refractivity contribution in [3.63, 3.8) is 0 Å². The summed E-state index contributed by atoms with van der Waals surface area (Å²) in [5.41, 5.74) is 2.22. The van der Waals surface area contributed by atoms with Crippen LogP contribution in [0.3, 0.4) is 0 Å². The van der Waals surface area contributed by atoms with Gasteiger partial charge in [0, 0.05) is 38.4 Å². The van der Waals surface area contributed by atoms with Crippen molar-refractivity contribution < 1.29 is 14.2 Å². The van der Waals surface area contributed by atoms with Gasteiger partial charge in [-0.15, -0.1) is 24.0 Å². The molecule has 1 fully saturated rings. The molecule has 9 heteroatoms. The number of aliphatic imine (C=N–C) groups is 1. The first-order chi connectivity index (χ1) is 15.7. The molecule has 0 bridgehead atoms. The van der Waals surface area contributed by atoms with Crippen LogP contribution < -0.4 is 25.0 Å². The molecule has 8 nitrogen and oxygen atoms in total. The van der Waals surface area contributed by atoms with Crippen LogP contribution in [-0.2, 0) is 11.3 Å². The van der Waals surface area contributed by atoms with E-state index in [1.54, 1.807) is 7.05 Å². The lowest BCUT2D eigenvalue weighted by atomic mass is 10.1. The summed E-state index contributed by atoms with van der Waals surface area (Å²) in [5, 5.41) is 6.88. The highest BCUT2D eigenvalue weighted by Crippen LogP contribution is 2.30. The van der Waals surface area contributed by atoms with Crippen LogP contribution in [0.25, 0.3) is 0 Å². The molecule has 0 saturated carbocycles. The Balaban J connectivity index is 0.00000385. The molecule has 3 rings (SSSR count). The second kappa shape index (κ2) is 14.1. The van der Waals surface area contributed by atoms with Crippen LogP contribution in [-0.4, -0.2) is 57.5 Å². The molecule has 1 atom stereocenters. The molecule has 2 aromatic rings. The fourth-order valence-electron chi connectivity index (χ4n) is 3.63. The van der Waals surface area contributed by atoms with Gasteiger partial charge in [0.1, 0.15) is 5.82 Å². The number of aromatic nitrogens is 1. The molecule has 1 saturated heterocycles. The van der Waals surface area contributed by atoms with Gasteiger partial charge in [-0.3, -0.25) is 4.99 Å². The zero-order chi connectivity index (χ0) is 22.8. The summed E-state index contributed by atoms with van der Waals surface area (Å²) in [6.07, 6.45) is 1.84. The number of hydrogen-bond acceptors (Lipinski definition) is 6. The fourth-order valence-corrected chi connectivity index (χ4v) is 3.63. The highest BCUT2D eigenvalue weighted by molar-refractivity contribution is 14.0. The van der Waals surface area contributed by atoms with E-state index in [2.05, 4.69) is 44.6 Å². The van der Waals surface area contributed by atoms with Crippen molar-refractivity contribution in [1.29, 1.82) is 0 Å². The second-order valence-corrected chi connectivity index (χ2v) is 7.45. The smallest absolute Gasteiger partial charge is 0.191 e. The van der Waals surface area contributed by atoms with E-state index in [0.717, 1.165) is 60.7 Å². The minimum atomic E-state index is 0. The van der Waals surface area contributed by atoms with E-state index in [-0.39, 0.29) is 30.0 Å². The fraction of sp³-hybridized carbons (Fsp3) is 0.500. The summed E-state index contributed by atoms with van der Waals surface area (Å²) < 4.78 is 16.9. The molecule has 2 N–H and O–H groups in total. The Kier molecular flexibility index (Phi) is 11.5. The van der Waals surface area contributed by atoms with Crippen LogP contribution in [0, 0.1) is 0 Å². The van der Waals surface area contributed by atoms with E-state index in [4.69, 9.17) is 14.2 Å². The van der Waals surface area contributed by atoms with Gasteiger partial charge >= 0.3 is 0 Å². The number of nitrogens with one attached hydrogen (secondary N) is 2. The Hall–Kier alpha value is -2.27. The lowest BCUT2D eigenvalue weighted by Gasteiger charge is -2.29. The van der Waals surface area contributed by atoms with Crippen molar-refractivity contribution in [2.45, 2.75) is 33.4 Å². The van der Waals surface area contributed by atoms with Gasteiger partial charge in [-0.2, -0.15) is 0 Å². The van der Waals surface area contributed by atoms with Gasteiger partial charge in [-0.25, -0.2) is 4.98 Å². The number of ether oxygens (including phenoxy) is 3. The number of benzene rings is 1. The summed E-state index contributed by atoms with van der Waals surface area (Å²) >= 11 is 0. The van der Waals surface area contributed by atoms with Crippen LogP contribution in [0.4, 0.5) is 5.82 Å². The minimum absolute atomic E-state index is 0. The van der Waals surface area contributed by atoms with Crippen molar-refractivity contribution >= 4 is 35.8 Å². The summed E-state index contributed by atoms with van der Waals surface area (Å²) in [5.74, 6) is 3.25. The summed E-state index contributed by atoms with van der Waals surface area (Å²) in [4.78, 5) is 11.3. The Morgan fingerprint density at radius 2 is 1.88 bits per heavy atom. The monoisotopic (exact) mass is 569 g/mol. The molecule has 1 aliphatic heterocycles. The average molecular weight is 569 g/mol. The SMILES string of the molecule is CCOc1ccc(C(C)NC(=NC)NCc2cccnc2N2CCOCC2)cc1OCC.I. The number of hydrogen-bond donors (Lipinski definition) is 2. The van der Waals surface area contributed by atoms with E-state index in [1.807, 2.05) is 38.2 Å². The highest BCUT2D eigenvalue weighted by Gasteiger charge is 2.17. The average Bonchev–Trinajstić information content (AvgIpc) is 2.83. The Bertz CT molecular complexity index is 890. The first-order valence-electron chi connectivity index (χ1n) is 11.3. The lowest BCUT2D eigenvalue weighted by molar-refractivity contribution is 0.122. The zero-order valence-corrected chi connectivity index (χ0v) is 22.3. The molecule has 0 amide bonds. The number of halogens is 1. The maximum Gasteiger partial charge on any atom is 0.191 e. The van der Waals surface area contributed by atoms with Gasteiger partial charge < -0.3 is 29.7 Å². The third-order valence-electron chi connectivity index (χ3n) is 5.27. The summed E-state index contributed by atoms with van der Waals surface area (Å²) in [6, 6.07) is 10.1. The van der Waals surface area contributed by atoms with Gasteiger partial charge in [0.25, 0.3) is 0 Å². The molecule has 1 aromatic heterocycles. The number of pyridine rings is 1. The predicted octanol–water partition coefficient (Wildman–Crippen LogP) is 3.76. The minimum Gasteiger partial charge on any atom is -0.490 e. The number of anilines is 1. The zero-order valence-electron chi connectivity index (χ0n) is 20.0. The van der Waals surface area contributed by atoms with E-state index in [1.165, 1.54) is 0 Å². The molecule has 1 unspecified atom stereocenters. The quantitative estimate of drug-likeness (QED) is 0.271. The molecular formula is C24H36IN5O3. The van der Waals surface area contributed by atoms with Gasteiger partial charge in [-0.1, -0.05) is 12.1 Å². The van der Waals surface area contributed by atoms with Crippen molar-refractivity contribution in [2.75, 3.05) is 51.5 Å². The Labute approximate surface area is 214 Å². The summed E-state index contributed by atoms with van der Waals surface area (Å²) in [6.45, 7) is 11.0. The predicted molar refractivity (Wildman–Crippen MR) is 143 cm³/mol. The molecule has 182 valence electrons. The first-order valence-corrected chi connectivity index (χ1v) is 11.3. The number of guanidine groups is 1. The van der Waals surface area contributed by atoms with Gasteiger partial charge in [-0.05, 0) is 44.5 Å². The molecule has 1 aliphatic rings. The van der Waals surface area contributed by atoms with Crippen molar-refractivity contribution in [1.82, 2.24) is 15.6 Å². The van der Waals surface area contributed by atoms with Crippen LogP contribution in [0.15, 0.2) is 41.5 Å². The lowest BCUT2D eigenvalue weighted by Crippen LogP contribution is -2.40. The van der Waals surface area contributed by atoms with Gasteiger partial charge in [0.15, 0.2) is 17.5 Å². The Morgan fingerprint density at radius 1 is 1.15 bits per heavy atom. The molecule has 33 heavy (non-hydrogen) atoms. The number of rotatable bonds is 9. The second-order valence-electron chi connectivity index (χ2n) is 7.45. The maximum absolute atomic E-state index is 5.77.